The topological polar surface area (TPSA) is 79.5 Å². The molecule has 3 N–H and O–H groups in total. The zero-order valence-corrected chi connectivity index (χ0v) is 15.0. The summed E-state index contributed by atoms with van der Waals surface area (Å²) in [6.07, 6.45) is 0. The summed E-state index contributed by atoms with van der Waals surface area (Å²) >= 11 is 0. The van der Waals surface area contributed by atoms with Gasteiger partial charge in [-0.2, -0.15) is 0 Å². The maximum atomic E-state index is 12.1. The zero-order chi connectivity index (χ0) is 18.9. The van der Waals surface area contributed by atoms with Crippen LogP contribution < -0.4 is 20.7 Å². The van der Waals surface area contributed by atoms with Crippen molar-refractivity contribution in [2.24, 2.45) is 0 Å². The van der Waals surface area contributed by atoms with Crippen LogP contribution in [0.3, 0.4) is 0 Å². The molecule has 0 saturated heterocycles. The molecule has 0 saturated carbocycles. The Labute approximate surface area is 153 Å². The molecular formula is C20H23N3O3. The molecule has 6 nitrogen and oxygen atoms in total. The number of nitrogens with one attached hydrogen (secondary N) is 3. The van der Waals surface area contributed by atoms with Gasteiger partial charge in [0.25, 0.3) is 5.91 Å². The van der Waals surface area contributed by atoms with Gasteiger partial charge in [-0.1, -0.05) is 12.6 Å². The third-order valence-corrected chi connectivity index (χ3v) is 3.43. The van der Waals surface area contributed by atoms with Crippen molar-refractivity contribution in [2.45, 2.75) is 6.92 Å². The molecule has 0 radical (unpaired) electrons. The third kappa shape index (κ3) is 5.98. The molecule has 2 aromatic carbocycles. The molecule has 0 fully saturated rings. The molecule has 0 heterocycles. The molecule has 2 rings (SSSR count). The van der Waals surface area contributed by atoms with Crippen molar-refractivity contribution >= 4 is 23.2 Å². The van der Waals surface area contributed by atoms with Crippen LogP contribution in [0.1, 0.15) is 17.3 Å². The molecule has 0 aromatic heterocycles. The van der Waals surface area contributed by atoms with Gasteiger partial charge in [-0.25, -0.2) is 0 Å². The summed E-state index contributed by atoms with van der Waals surface area (Å²) < 4.78 is 5.52. The second-order valence-corrected chi connectivity index (χ2v) is 5.83. The van der Waals surface area contributed by atoms with E-state index in [0.717, 1.165) is 11.3 Å². The van der Waals surface area contributed by atoms with Gasteiger partial charge in [0.1, 0.15) is 12.4 Å². The quantitative estimate of drug-likeness (QED) is 0.637. The molecule has 0 bridgehead atoms. The van der Waals surface area contributed by atoms with Gasteiger partial charge in [0.15, 0.2) is 0 Å². The minimum Gasteiger partial charge on any atom is -0.489 e. The first-order valence-electron chi connectivity index (χ1n) is 8.21. The number of ether oxygens (including phenoxy) is 1. The van der Waals surface area contributed by atoms with Crippen LogP contribution in [0.5, 0.6) is 5.75 Å². The Morgan fingerprint density at radius 2 is 1.81 bits per heavy atom. The lowest BCUT2D eigenvalue weighted by atomic mass is 10.2. The molecule has 0 atom stereocenters. The predicted molar refractivity (Wildman–Crippen MR) is 104 cm³/mol. The molecule has 0 aliphatic carbocycles. The van der Waals surface area contributed by atoms with E-state index < -0.39 is 0 Å². The smallest absolute Gasteiger partial charge is 0.251 e. The Kier molecular flexibility index (Phi) is 6.79. The monoisotopic (exact) mass is 353 g/mol. The second kappa shape index (κ2) is 9.27. The number of amides is 2. The van der Waals surface area contributed by atoms with E-state index in [1.54, 1.807) is 55.6 Å². The van der Waals surface area contributed by atoms with Crippen LogP contribution in [0.4, 0.5) is 11.4 Å². The van der Waals surface area contributed by atoms with E-state index in [4.69, 9.17) is 4.74 Å². The number of hydrogen-bond donors (Lipinski definition) is 3. The maximum absolute atomic E-state index is 12.1. The number of carbonyl (C=O) groups excluding carboxylic acids is 2. The van der Waals surface area contributed by atoms with Crippen LogP contribution in [0, 0.1) is 0 Å². The molecule has 136 valence electrons. The highest BCUT2D eigenvalue weighted by atomic mass is 16.5. The highest BCUT2D eigenvalue weighted by Crippen LogP contribution is 2.16. The van der Waals surface area contributed by atoms with Gasteiger partial charge in [-0.3, -0.25) is 9.59 Å². The fourth-order valence-electron chi connectivity index (χ4n) is 2.14. The lowest BCUT2D eigenvalue weighted by Crippen LogP contribution is -2.22. The summed E-state index contributed by atoms with van der Waals surface area (Å²) in [6.45, 7) is 6.23. The summed E-state index contributed by atoms with van der Waals surface area (Å²) in [5, 5.41) is 8.37. The Balaban J connectivity index is 1.85. The average molecular weight is 353 g/mol. The van der Waals surface area contributed by atoms with Gasteiger partial charge in [0, 0.05) is 24.0 Å². The van der Waals surface area contributed by atoms with Crippen LogP contribution in [0.15, 0.2) is 60.7 Å². The molecule has 0 spiro atoms. The molecule has 0 unspecified atom stereocenters. The first kappa shape index (κ1) is 19.1. The minimum absolute atomic E-state index is 0.0884. The summed E-state index contributed by atoms with van der Waals surface area (Å²) in [4.78, 5) is 23.7. The third-order valence-electron chi connectivity index (χ3n) is 3.43. The van der Waals surface area contributed by atoms with Crippen molar-refractivity contribution in [3.63, 3.8) is 0 Å². The average Bonchev–Trinajstić information content (AvgIpc) is 2.65. The van der Waals surface area contributed by atoms with Crippen LogP contribution >= 0.6 is 0 Å². The van der Waals surface area contributed by atoms with Crippen LogP contribution in [0.2, 0.25) is 0 Å². The van der Waals surface area contributed by atoms with Gasteiger partial charge in [0.2, 0.25) is 5.91 Å². The van der Waals surface area contributed by atoms with Crippen LogP contribution in [0.25, 0.3) is 0 Å². The predicted octanol–water partition coefficient (Wildman–Crippen LogP) is 3.05. The lowest BCUT2D eigenvalue weighted by molar-refractivity contribution is -0.114. The van der Waals surface area contributed by atoms with E-state index in [9.17, 15) is 9.59 Å². The Morgan fingerprint density at radius 1 is 1.08 bits per heavy atom. The minimum atomic E-state index is -0.189. The Morgan fingerprint density at radius 3 is 2.46 bits per heavy atom. The van der Waals surface area contributed by atoms with Crippen molar-refractivity contribution in [1.82, 2.24) is 5.32 Å². The van der Waals surface area contributed by atoms with Crippen molar-refractivity contribution in [3.8, 4) is 5.75 Å². The number of hydrogen-bond acceptors (Lipinski definition) is 4. The first-order chi connectivity index (χ1) is 12.5. The molecule has 0 aliphatic rings. The van der Waals surface area contributed by atoms with Crippen LogP contribution in [-0.4, -0.2) is 32.0 Å². The van der Waals surface area contributed by atoms with E-state index >= 15 is 0 Å². The fourth-order valence-corrected chi connectivity index (χ4v) is 2.14. The van der Waals surface area contributed by atoms with Crippen molar-refractivity contribution in [2.75, 3.05) is 30.8 Å². The standard InChI is InChI=1S/C20H23N3O3/c1-14(2)13-26-18-9-7-16(8-10-18)23-19(24)12-22-17-6-4-5-15(11-17)20(25)21-3/h4-11,22H,1,12-13H2,2-3H3,(H,21,25)(H,23,24). The number of benzene rings is 2. The maximum Gasteiger partial charge on any atom is 0.251 e. The molecule has 2 amide bonds. The SMILES string of the molecule is C=C(C)COc1ccc(NC(=O)CNc2cccc(C(=O)NC)c2)cc1. The lowest BCUT2D eigenvalue weighted by Gasteiger charge is -2.10. The van der Waals surface area contributed by atoms with Gasteiger partial charge in [-0.05, 0) is 55.0 Å². The van der Waals surface area contributed by atoms with Crippen molar-refractivity contribution < 1.29 is 14.3 Å². The van der Waals surface area contributed by atoms with E-state index in [2.05, 4.69) is 22.5 Å². The molecule has 2 aromatic rings. The summed E-state index contributed by atoms with van der Waals surface area (Å²) in [5.41, 5.74) is 2.85. The summed E-state index contributed by atoms with van der Waals surface area (Å²) in [5.74, 6) is 0.355. The van der Waals surface area contributed by atoms with Crippen LogP contribution in [-0.2, 0) is 4.79 Å². The number of rotatable bonds is 8. The van der Waals surface area contributed by atoms with Crippen molar-refractivity contribution in [1.29, 1.82) is 0 Å². The Bertz CT molecular complexity index is 785. The zero-order valence-electron chi connectivity index (χ0n) is 15.0. The van der Waals surface area contributed by atoms with E-state index in [1.165, 1.54) is 0 Å². The number of anilines is 2. The largest absolute Gasteiger partial charge is 0.489 e. The first-order valence-corrected chi connectivity index (χ1v) is 8.21. The molecule has 6 heteroatoms. The molecule has 0 aliphatic heterocycles. The van der Waals surface area contributed by atoms with Gasteiger partial charge in [-0.15, -0.1) is 0 Å². The van der Waals surface area contributed by atoms with Gasteiger partial charge in [0.05, 0.1) is 6.54 Å². The van der Waals surface area contributed by atoms with Gasteiger partial charge < -0.3 is 20.7 Å². The van der Waals surface area contributed by atoms with E-state index in [1.807, 2.05) is 6.92 Å². The highest BCUT2D eigenvalue weighted by molar-refractivity contribution is 5.96. The van der Waals surface area contributed by atoms with Crippen molar-refractivity contribution in [3.05, 3.63) is 66.2 Å². The normalized spacial score (nSPS) is 9.92. The molecular weight excluding hydrogens is 330 g/mol. The summed E-state index contributed by atoms with van der Waals surface area (Å²) in [7, 11) is 1.57. The van der Waals surface area contributed by atoms with Gasteiger partial charge >= 0.3 is 0 Å². The Hall–Kier alpha value is -3.28. The molecule has 26 heavy (non-hydrogen) atoms. The fraction of sp³-hybridized carbons (Fsp3) is 0.200. The van der Waals surface area contributed by atoms with E-state index in [0.29, 0.717) is 23.5 Å². The summed E-state index contributed by atoms with van der Waals surface area (Å²) in [6, 6.07) is 14.1. The highest BCUT2D eigenvalue weighted by Gasteiger charge is 2.06. The second-order valence-electron chi connectivity index (χ2n) is 5.83. The number of carbonyl (C=O) groups is 2. The van der Waals surface area contributed by atoms with E-state index in [-0.39, 0.29) is 18.4 Å².